The zero-order chi connectivity index (χ0) is 14.0. The Kier molecular flexibility index (Phi) is 4.10. The molecule has 2 atom stereocenters. The first kappa shape index (κ1) is 14.0. The lowest BCUT2D eigenvalue weighted by atomic mass is 9.88. The van der Waals surface area contributed by atoms with Crippen LogP contribution in [-0.2, 0) is 16.4 Å². The van der Waals surface area contributed by atoms with Crippen molar-refractivity contribution in [1.82, 2.24) is 10.0 Å². The van der Waals surface area contributed by atoms with Gasteiger partial charge in [0.25, 0.3) is 0 Å². The summed E-state index contributed by atoms with van der Waals surface area (Å²) in [7, 11) is -3.24. The summed E-state index contributed by atoms with van der Waals surface area (Å²) in [4.78, 5) is 0. The average molecular weight is 294 g/mol. The van der Waals surface area contributed by atoms with Crippen molar-refractivity contribution in [3.63, 3.8) is 0 Å². The van der Waals surface area contributed by atoms with Crippen molar-refractivity contribution in [2.24, 2.45) is 0 Å². The number of nitrogens with one attached hydrogen (secondary N) is 2. The molecule has 1 aromatic carbocycles. The lowest BCUT2D eigenvalue weighted by Crippen LogP contribution is -2.45. The molecule has 0 spiro atoms. The molecule has 0 aromatic heterocycles. The lowest BCUT2D eigenvalue weighted by molar-refractivity contribution is 0.468. The molecular weight excluding hydrogens is 272 g/mol. The fourth-order valence-electron chi connectivity index (χ4n) is 3.26. The zero-order valence-corrected chi connectivity index (χ0v) is 12.5. The average Bonchev–Trinajstić information content (AvgIpc) is 2.48. The highest BCUT2D eigenvalue weighted by Crippen LogP contribution is 2.30. The molecule has 1 fully saturated rings. The number of benzene rings is 1. The van der Waals surface area contributed by atoms with Crippen LogP contribution >= 0.6 is 0 Å². The van der Waals surface area contributed by atoms with Crippen molar-refractivity contribution in [2.45, 2.75) is 43.4 Å². The molecule has 3 rings (SSSR count). The van der Waals surface area contributed by atoms with E-state index in [9.17, 15) is 8.42 Å². The summed E-state index contributed by atoms with van der Waals surface area (Å²) in [5, 5.41) is 2.89. The number of piperidine rings is 1. The lowest BCUT2D eigenvalue weighted by Gasteiger charge is -2.29. The van der Waals surface area contributed by atoms with Crippen molar-refractivity contribution in [1.29, 1.82) is 0 Å². The van der Waals surface area contributed by atoms with Gasteiger partial charge in [-0.2, -0.15) is 0 Å². The maximum Gasteiger partial charge on any atom is 0.216 e. The second-order valence-corrected chi connectivity index (χ2v) is 7.77. The van der Waals surface area contributed by atoms with Crippen LogP contribution in [0, 0.1) is 0 Å². The molecule has 2 N–H and O–H groups in total. The minimum atomic E-state index is -3.24. The molecule has 110 valence electrons. The minimum absolute atomic E-state index is 0.0492. The van der Waals surface area contributed by atoms with Crippen molar-refractivity contribution in [3.05, 3.63) is 35.4 Å². The molecule has 20 heavy (non-hydrogen) atoms. The SMILES string of the molecule is O=S(=O)(NC1CCCc2ccccc21)C1CCCNC1. The van der Waals surface area contributed by atoms with E-state index in [-0.39, 0.29) is 11.3 Å². The van der Waals surface area contributed by atoms with Crippen LogP contribution in [0.15, 0.2) is 24.3 Å². The van der Waals surface area contributed by atoms with Crippen molar-refractivity contribution < 1.29 is 8.42 Å². The van der Waals surface area contributed by atoms with Gasteiger partial charge in [-0.15, -0.1) is 0 Å². The molecular formula is C15H22N2O2S. The first-order valence-electron chi connectivity index (χ1n) is 7.46. The number of aryl methyl sites for hydroxylation is 1. The molecule has 2 unspecified atom stereocenters. The summed E-state index contributed by atoms with van der Waals surface area (Å²) >= 11 is 0. The van der Waals surface area contributed by atoms with E-state index in [2.05, 4.69) is 22.2 Å². The van der Waals surface area contributed by atoms with E-state index in [1.165, 1.54) is 5.56 Å². The first-order valence-corrected chi connectivity index (χ1v) is 9.01. The van der Waals surface area contributed by atoms with Crippen LogP contribution < -0.4 is 10.0 Å². The van der Waals surface area contributed by atoms with Gasteiger partial charge in [-0.25, -0.2) is 13.1 Å². The maximum absolute atomic E-state index is 12.5. The van der Waals surface area contributed by atoms with Gasteiger partial charge in [-0.05, 0) is 49.8 Å². The Balaban J connectivity index is 1.78. The highest BCUT2D eigenvalue weighted by atomic mass is 32.2. The molecule has 5 heteroatoms. The van der Waals surface area contributed by atoms with Crippen LogP contribution in [0.2, 0.25) is 0 Å². The quantitative estimate of drug-likeness (QED) is 0.892. The molecule has 0 amide bonds. The normalized spacial score (nSPS) is 27.0. The molecule has 0 bridgehead atoms. The van der Waals surface area contributed by atoms with Gasteiger partial charge in [0, 0.05) is 12.6 Å². The van der Waals surface area contributed by atoms with Gasteiger partial charge in [-0.1, -0.05) is 24.3 Å². The van der Waals surface area contributed by atoms with E-state index >= 15 is 0 Å². The second-order valence-electron chi connectivity index (χ2n) is 5.77. The molecule has 4 nitrogen and oxygen atoms in total. The molecule has 2 aliphatic rings. The predicted molar refractivity (Wildman–Crippen MR) is 80.1 cm³/mol. The molecule has 1 heterocycles. The maximum atomic E-state index is 12.5. The Morgan fingerprint density at radius 1 is 1.15 bits per heavy atom. The topological polar surface area (TPSA) is 58.2 Å². The summed E-state index contributed by atoms with van der Waals surface area (Å²) in [5.41, 5.74) is 2.44. The van der Waals surface area contributed by atoms with Gasteiger partial charge < -0.3 is 5.32 Å². The van der Waals surface area contributed by atoms with E-state index < -0.39 is 10.0 Å². The molecule has 1 saturated heterocycles. The van der Waals surface area contributed by atoms with Gasteiger partial charge in [0.1, 0.15) is 0 Å². The Morgan fingerprint density at radius 3 is 2.80 bits per heavy atom. The number of fused-ring (bicyclic) bond motifs is 1. The summed E-state index contributed by atoms with van der Waals surface area (Å²) < 4.78 is 28.0. The van der Waals surface area contributed by atoms with E-state index in [0.29, 0.717) is 6.54 Å². The fraction of sp³-hybridized carbons (Fsp3) is 0.600. The van der Waals surface area contributed by atoms with Crippen molar-refractivity contribution >= 4 is 10.0 Å². The van der Waals surface area contributed by atoms with E-state index in [4.69, 9.17) is 0 Å². The molecule has 1 aliphatic heterocycles. The summed E-state index contributed by atoms with van der Waals surface area (Å²) in [5.74, 6) is 0. The van der Waals surface area contributed by atoms with Crippen LogP contribution in [-0.4, -0.2) is 26.8 Å². The summed E-state index contributed by atoms with van der Waals surface area (Å²) in [6.45, 7) is 1.50. The standard InChI is InChI=1S/C15H22N2O2S/c18-20(19,13-7-4-10-16-11-13)17-15-9-3-6-12-5-1-2-8-14(12)15/h1-2,5,8,13,15-17H,3-4,6-7,9-11H2. The largest absolute Gasteiger partial charge is 0.315 e. The third kappa shape index (κ3) is 2.90. The van der Waals surface area contributed by atoms with Gasteiger partial charge in [0.2, 0.25) is 10.0 Å². The summed E-state index contributed by atoms with van der Waals surface area (Å²) in [6, 6.07) is 8.14. The van der Waals surface area contributed by atoms with Crippen LogP contribution in [0.5, 0.6) is 0 Å². The number of sulfonamides is 1. The van der Waals surface area contributed by atoms with Crippen molar-refractivity contribution in [3.8, 4) is 0 Å². The van der Waals surface area contributed by atoms with Gasteiger partial charge in [-0.3, -0.25) is 0 Å². The third-order valence-corrected chi connectivity index (χ3v) is 6.26. The van der Waals surface area contributed by atoms with E-state index in [1.54, 1.807) is 0 Å². The van der Waals surface area contributed by atoms with Crippen LogP contribution in [0.1, 0.15) is 42.9 Å². The van der Waals surface area contributed by atoms with Crippen molar-refractivity contribution in [2.75, 3.05) is 13.1 Å². The van der Waals surface area contributed by atoms with Gasteiger partial charge in [0.15, 0.2) is 0 Å². The minimum Gasteiger partial charge on any atom is -0.315 e. The molecule has 0 radical (unpaired) electrons. The zero-order valence-electron chi connectivity index (χ0n) is 11.6. The van der Waals surface area contributed by atoms with Crippen LogP contribution in [0.25, 0.3) is 0 Å². The monoisotopic (exact) mass is 294 g/mol. The fourth-order valence-corrected chi connectivity index (χ4v) is 4.90. The smallest absolute Gasteiger partial charge is 0.216 e. The van der Waals surface area contributed by atoms with Crippen LogP contribution in [0.3, 0.4) is 0 Å². The highest BCUT2D eigenvalue weighted by Gasteiger charge is 2.31. The highest BCUT2D eigenvalue weighted by molar-refractivity contribution is 7.90. The number of hydrogen-bond donors (Lipinski definition) is 2. The predicted octanol–water partition coefficient (Wildman–Crippen LogP) is 1.74. The molecule has 1 aromatic rings. The van der Waals surface area contributed by atoms with Gasteiger partial charge in [0.05, 0.1) is 5.25 Å². The Labute approximate surface area is 121 Å². The Bertz CT molecular complexity index is 565. The molecule has 0 saturated carbocycles. The summed E-state index contributed by atoms with van der Waals surface area (Å²) in [6.07, 6.45) is 4.70. The number of rotatable bonds is 3. The first-order chi connectivity index (χ1) is 9.67. The second kappa shape index (κ2) is 5.84. The van der Waals surface area contributed by atoms with E-state index in [0.717, 1.165) is 44.2 Å². The molecule has 1 aliphatic carbocycles. The van der Waals surface area contributed by atoms with Crippen LogP contribution in [0.4, 0.5) is 0 Å². The van der Waals surface area contributed by atoms with E-state index in [1.807, 2.05) is 12.1 Å². The Hall–Kier alpha value is -0.910. The number of hydrogen-bond acceptors (Lipinski definition) is 3. The van der Waals surface area contributed by atoms with Gasteiger partial charge >= 0.3 is 0 Å². The third-order valence-electron chi connectivity index (χ3n) is 4.37. The Morgan fingerprint density at radius 2 is 2.00 bits per heavy atom.